The minimum Gasteiger partial charge on any atom is -0.495 e. The van der Waals surface area contributed by atoms with Gasteiger partial charge in [0.25, 0.3) is 15.9 Å². The number of hydrogen-bond acceptors (Lipinski definition) is 4. The van der Waals surface area contributed by atoms with E-state index < -0.39 is 21.7 Å². The molecular weight excluding hydrogens is 479 g/mol. The quantitative estimate of drug-likeness (QED) is 0.500. The molecule has 1 heterocycles. The smallest absolute Gasteiger partial charge is 0.265 e. The molecule has 1 aliphatic rings. The highest BCUT2D eigenvalue weighted by Crippen LogP contribution is 2.34. The van der Waals surface area contributed by atoms with E-state index >= 15 is 0 Å². The lowest BCUT2D eigenvalue weighted by molar-refractivity contribution is 0.0981. The summed E-state index contributed by atoms with van der Waals surface area (Å²) in [5.41, 5.74) is 3.20. The highest BCUT2D eigenvalue weighted by molar-refractivity contribution is 7.92. The highest BCUT2D eigenvalue weighted by atomic mass is 35.5. The summed E-state index contributed by atoms with van der Waals surface area (Å²) >= 11 is 6.15. The summed E-state index contributed by atoms with van der Waals surface area (Å²) in [7, 11) is -2.60. The van der Waals surface area contributed by atoms with E-state index in [4.69, 9.17) is 16.3 Å². The van der Waals surface area contributed by atoms with Gasteiger partial charge in [0, 0.05) is 22.9 Å². The number of carbonyl (C=O) groups is 1. The largest absolute Gasteiger partial charge is 0.495 e. The summed E-state index contributed by atoms with van der Waals surface area (Å²) in [6.45, 7) is 3.97. The number of aryl methyl sites for hydroxylation is 3. The number of ether oxygens (including phenoxy) is 1. The number of carbonyl (C=O) groups excluding carboxylic acids is 1. The van der Waals surface area contributed by atoms with Gasteiger partial charge in [-0.15, -0.1) is 0 Å². The molecule has 0 spiro atoms. The van der Waals surface area contributed by atoms with Crippen LogP contribution in [0.25, 0.3) is 0 Å². The van der Waals surface area contributed by atoms with Crippen molar-refractivity contribution < 1.29 is 22.3 Å². The normalized spacial score (nSPS) is 13.4. The number of halogens is 2. The first-order valence-electron chi connectivity index (χ1n) is 10.7. The van der Waals surface area contributed by atoms with Crippen molar-refractivity contribution in [2.75, 3.05) is 23.3 Å². The van der Waals surface area contributed by atoms with Gasteiger partial charge >= 0.3 is 0 Å². The molecule has 1 amide bonds. The van der Waals surface area contributed by atoms with E-state index in [0.717, 1.165) is 11.1 Å². The van der Waals surface area contributed by atoms with Crippen molar-refractivity contribution in [2.24, 2.45) is 0 Å². The molecule has 1 aliphatic heterocycles. The SMILES string of the molecule is COc1cc(C)c(Cl)cc1S(=O)(=O)Nc1ccc2c(c1)CCCN2C(=O)c1ccc(C)cc1F. The van der Waals surface area contributed by atoms with E-state index in [9.17, 15) is 17.6 Å². The van der Waals surface area contributed by atoms with Gasteiger partial charge in [0.05, 0.1) is 12.7 Å². The van der Waals surface area contributed by atoms with Crippen LogP contribution in [0.4, 0.5) is 15.8 Å². The molecule has 1 N–H and O–H groups in total. The van der Waals surface area contributed by atoms with Crippen LogP contribution in [0.15, 0.2) is 53.4 Å². The van der Waals surface area contributed by atoms with Crippen LogP contribution in [0, 0.1) is 19.7 Å². The maximum atomic E-state index is 14.4. The lowest BCUT2D eigenvalue weighted by atomic mass is 10.00. The summed E-state index contributed by atoms with van der Waals surface area (Å²) in [6.07, 6.45) is 1.33. The number of fused-ring (bicyclic) bond motifs is 1. The molecule has 4 rings (SSSR count). The molecule has 0 aliphatic carbocycles. The first kappa shape index (κ1) is 24.0. The summed E-state index contributed by atoms with van der Waals surface area (Å²) < 4.78 is 48.4. The van der Waals surface area contributed by atoms with Gasteiger partial charge in [0.2, 0.25) is 0 Å². The summed E-state index contributed by atoms with van der Waals surface area (Å²) in [6, 6.07) is 12.4. The molecule has 0 bridgehead atoms. The Morgan fingerprint density at radius 1 is 1.12 bits per heavy atom. The van der Waals surface area contributed by atoms with Crippen molar-refractivity contribution in [3.05, 3.63) is 81.6 Å². The molecular formula is C25H24ClFN2O4S. The minimum atomic E-state index is -3.99. The monoisotopic (exact) mass is 502 g/mol. The lowest BCUT2D eigenvalue weighted by Gasteiger charge is -2.30. The molecule has 3 aromatic carbocycles. The number of benzene rings is 3. The average Bonchev–Trinajstić information content (AvgIpc) is 2.79. The van der Waals surface area contributed by atoms with E-state index in [1.807, 2.05) is 0 Å². The Bertz CT molecular complexity index is 1390. The van der Waals surface area contributed by atoms with E-state index in [0.29, 0.717) is 41.3 Å². The molecule has 6 nitrogen and oxygen atoms in total. The van der Waals surface area contributed by atoms with Gasteiger partial charge < -0.3 is 9.64 Å². The Balaban J connectivity index is 1.64. The van der Waals surface area contributed by atoms with Gasteiger partial charge in [-0.05, 0) is 85.8 Å². The van der Waals surface area contributed by atoms with E-state index in [-0.39, 0.29) is 16.2 Å². The molecule has 3 aromatic rings. The summed E-state index contributed by atoms with van der Waals surface area (Å²) in [4.78, 5) is 14.5. The number of sulfonamides is 1. The number of amides is 1. The van der Waals surface area contributed by atoms with Crippen LogP contribution in [0.3, 0.4) is 0 Å². The van der Waals surface area contributed by atoms with Crippen LogP contribution in [0.1, 0.15) is 33.5 Å². The van der Waals surface area contributed by atoms with E-state index in [1.54, 1.807) is 44.2 Å². The topological polar surface area (TPSA) is 75.7 Å². The molecule has 0 atom stereocenters. The van der Waals surface area contributed by atoms with Crippen LogP contribution in [-0.4, -0.2) is 28.0 Å². The Morgan fingerprint density at radius 2 is 1.88 bits per heavy atom. The number of nitrogens with zero attached hydrogens (tertiary/aromatic N) is 1. The summed E-state index contributed by atoms with van der Waals surface area (Å²) in [5, 5.41) is 0.309. The third-order valence-corrected chi connectivity index (χ3v) is 7.59. The van der Waals surface area contributed by atoms with Gasteiger partial charge in [0.15, 0.2) is 0 Å². The fourth-order valence-corrected chi connectivity index (χ4v) is 5.48. The van der Waals surface area contributed by atoms with Crippen LogP contribution < -0.4 is 14.4 Å². The number of hydrogen-bond donors (Lipinski definition) is 1. The zero-order chi connectivity index (χ0) is 24.6. The van der Waals surface area contributed by atoms with Crippen LogP contribution in [0.5, 0.6) is 5.75 Å². The van der Waals surface area contributed by atoms with Gasteiger partial charge in [-0.25, -0.2) is 12.8 Å². The second-order valence-corrected chi connectivity index (χ2v) is 10.3. The van der Waals surface area contributed by atoms with Gasteiger partial charge in [0.1, 0.15) is 16.5 Å². The first-order valence-corrected chi connectivity index (χ1v) is 12.5. The number of rotatable bonds is 5. The fraction of sp³-hybridized carbons (Fsp3) is 0.240. The third-order valence-electron chi connectivity index (χ3n) is 5.78. The summed E-state index contributed by atoms with van der Waals surface area (Å²) in [5.74, 6) is -0.803. The van der Waals surface area contributed by atoms with Gasteiger partial charge in [-0.2, -0.15) is 0 Å². The van der Waals surface area contributed by atoms with Crippen molar-refractivity contribution in [3.8, 4) is 5.75 Å². The fourth-order valence-electron chi connectivity index (χ4n) is 4.03. The Labute approximate surface area is 203 Å². The molecule has 0 aromatic heterocycles. The zero-order valence-electron chi connectivity index (χ0n) is 19.0. The maximum absolute atomic E-state index is 14.4. The molecule has 0 radical (unpaired) electrons. The second-order valence-electron chi connectivity index (χ2n) is 8.24. The molecule has 0 saturated heterocycles. The molecule has 9 heteroatoms. The van der Waals surface area contributed by atoms with Gasteiger partial charge in [-0.3, -0.25) is 9.52 Å². The molecule has 0 fully saturated rings. The maximum Gasteiger partial charge on any atom is 0.265 e. The molecule has 178 valence electrons. The standard InChI is InChI=1S/C25H24ClFN2O4S/c1-15-6-8-19(21(27)11-15)25(30)29-10-4-5-17-13-18(7-9-22(17)29)28-34(31,32)24-14-20(26)16(2)12-23(24)33-3/h6-9,11-14,28H,4-5,10H2,1-3H3. The van der Waals surface area contributed by atoms with Crippen molar-refractivity contribution in [1.82, 2.24) is 0 Å². The minimum absolute atomic E-state index is 0.00609. The van der Waals surface area contributed by atoms with Crippen LogP contribution in [0.2, 0.25) is 5.02 Å². The molecule has 0 saturated carbocycles. The van der Waals surface area contributed by atoms with Crippen LogP contribution >= 0.6 is 11.6 Å². The predicted octanol–water partition coefficient (Wildman–Crippen LogP) is 5.50. The van der Waals surface area contributed by atoms with Crippen molar-refractivity contribution >= 4 is 38.9 Å². The predicted molar refractivity (Wildman–Crippen MR) is 131 cm³/mol. The average molecular weight is 503 g/mol. The molecule has 0 unspecified atom stereocenters. The number of nitrogens with one attached hydrogen (secondary N) is 1. The third kappa shape index (κ3) is 4.60. The van der Waals surface area contributed by atoms with E-state index in [1.165, 1.54) is 30.2 Å². The second kappa shape index (κ2) is 9.27. The Hall–Kier alpha value is -3.10. The molecule has 34 heavy (non-hydrogen) atoms. The first-order chi connectivity index (χ1) is 16.1. The zero-order valence-corrected chi connectivity index (χ0v) is 20.6. The van der Waals surface area contributed by atoms with Gasteiger partial charge in [-0.1, -0.05) is 17.7 Å². The number of methoxy groups -OCH3 is 1. The van der Waals surface area contributed by atoms with Crippen molar-refractivity contribution in [3.63, 3.8) is 0 Å². The Morgan fingerprint density at radius 3 is 2.59 bits per heavy atom. The van der Waals surface area contributed by atoms with Crippen molar-refractivity contribution in [1.29, 1.82) is 0 Å². The highest BCUT2D eigenvalue weighted by Gasteiger charge is 2.27. The van der Waals surface area contributed by atoms with Crippen molar-refractivity contribution in [2.45, 2.75) is 31.6 Å². The Kier molecular flexibility index (Phi) is 6.55. The lowest BCUT2D eigenvalue weighted by Crippen LogP contribution is -2.36. The number of anilines is 2. The van der Waals surface area contributed by atoms with Crippen LogP contribution in [-0.2, 0) is 16.4 Å². The van der Waals surface area contributed by atoms with E-state index in [2.05, 4.69) is 4.72 Å².